The Labute approximate surface area is 164 Å². The predicted octanol–water partition coefficient (Wildman–Crippen LogP) is 4.91. The Kier molecular flexibility index (Phi) is 4.40. The molecule has 2 atom stereocenters. The van der Waals surface area contributed by atoms with E-state index >= 15 is 4.39 Å². The van der Waals surface area contributed by atoms with Crippen LogP contribution in [0.5, 0.6) is 0 Å². The van der Waals surface area contributed by atoms with Gasteiger partial charge < -0.3 is 5.32 Å². The minimum Gasteiger partial charge on any atom is -0.325 e. The second-order valence-corrected chi connectivity index (χ2v) is 7.23. The molecule has 0 spiro atoms. The van der Waals surface area contributed by atoms with Crippen LogP contribution < -0.4 is 5.32 Å². The number of hydrogen-bond acceptors (Lipinski definition) is 2. The van der Waals surface area contributed by atoms with Gasteiger partial charge in [0.1, 0.15) is 5.41 Å². The smallest absolute Gasteiger partial charge is 0.243 e. The molecule has 0 fully saturated rings. The van der Waals surface area contributed by atoms with Crippen molar-refractivity contribution in [2.75, 3.05) is 5.32 Å². The summed E-state index contributed by atoms with van der Waals surface area (Å²) in [5, 5.41) is 2.75. The van der Waals surface area contributed by atoms with Crippen molar-refractivity contribution < 1.29 is 14.0 Å². The molecule has 3 nitrogen and oxygen atoms in total. The summed E-state index contributed by atoms with van der Waals surface area (Å²) in [7, 11) is 0. The van der Waals surface area contributed by atoms with Crippen molar-refractivity contribution in [3.8, 4) is 0 Å². The molecule has 1 heterocycles. The molecule has 4 rings (SSSR count). The third kappa shape index (κ3) is 2.61. The maximum absolute atomic E-state index is 16.0. The second kappa shape index (κ2) is 6.74. The number of carbonyl (C=O) groups excluding carboxylic acids is 2. The van der Waals surface area contributed by atoms with Gasteiger partial charge in [0.25, 0.3) is 0 Å². The van der Waals surface area contributed by atoms with Gasteiger partial charge in [-0.15, -0.1) is 0 Å². The number of anilines is 1. The van der Waals surface area contributed by atoms with E-state index in [0.717, 1.165) is 0 Å². The van der Waals surface area contributed by atoms with Crippen molar-refractivity contribution in [3.05, 3.63) is 100 Å². The summed E-state index contributed by atoms with van der Waals surface area (Å²) in [4.78, 5) is 26.2. The van der Waals surface area contributed by atoms with Crippen LogP contribution in [-0.4, -0.2) is 17.9 Å². The molecule has 3 aromatic rings. The van der Waals surface area contributed by atoms with Gasteiger partial charge in [-0.25, -0.2) is 4.39 Å². The Bertz CT molecular complexity index is 1040. The highest BCUT2D eigenvalue weighted by Gasteiger charge is 2.57. The molecule has 0 radical (unpaired) electrons. The first kappa shape index (κ1) is 17.6. The molecule has 0 saturated carbocycles. The van der Waals surface area contributed by atoms with Crippen LogP contribution in [0.3, 0.4) is 0 Å². The number of nitrogens with one attached hydrogen (secondary N) is 1. The van der Waals surface area contributed by atoms with Crippen LogP contribution >= 0.6 is 15.9 Å². The van der Waals surface area contributed by atoms with Crippen LogP contribution in [-0.2, 0) is 10.2 Å². The van der Waals surface area contributed by atoms with Gasteiger partial charge in [0.05, 0.1) is 0 Å². The van der Waals surface area contributed by atoms with Crippen LogP contribution in [0.15, 0.2) is 83.3 Å². The summed E-state index contributed by atoms with van der Waals surface area (Å²) in [5.74, 6) is -1.27. The zero-order chi connectivity index (χ0) is 19.0. The highest BCUT2D eigenvalue weighted by Crippen LogP contribution is 2.49. The van der Waals surface area contributed by atoms with Crippen molar-refractivity contribution in [1.29, 1.82) is 0 Å². The monoisotopic (exact) mass is 423 g/mol. The lowest BCUT2D eigenvalue weighted by Crippen LogP contribution is -2.48. The average molecular weight is 424 g/mol. The van der Waals surface area contributed by atoms with E-state index < -0.39 is 23.3 Å². The van der Waals surface area contributed by atoms with Crippen LogP contribution in [0, 0.1) is 0 Å². The van der Waals surface area contributed by atoms with Crippen molar-refractivity contribution in [2.45, 2.75) is 11.6 Å². The van der Waals surface area contributed by atoms with Gasteiger partial charge >= 0.3 is 0 Å². The number of para-hydroxylation sites is 1. The van der Waals surface area contributed by atoms with Crippen LogP contribution in [0.2, 0.25) is 0 Å². The number of rotatable bonds is 4. The zero-order valence-electron chi connectivity index (χ0n) is 14.2. The number of fused-ring (bicyclic) bond motifs is 1. The molecular weight excluding hydrogens is 409 g/mol. The van der Waals surface area contributed by atoms with Crippen LogP contribution in [0.1, 0.15) is 21.5 Å². The normalized spacial score (nSPS) is 19.3. The molecule has 0 aromatic heterocycles. The molecule has 1 aliphatic heterocycles. The van der Waals surface area contributed by atoms with Gasteiger partial charge in [-0.1, -0.05) is 82.7 Å². The number of ketones is 1. The number of Topliss-reactive ketones (excluding diaryl/α,β-unsaturated/α-hetero) is 1. The predicted molar refractivity (Wildman–Crippen MR) is 106 cm³/mol. The van der Waals surface area contributed by atoms with E-state index in [9.17, 15) is 9.59 Å². The Morgan fingerprint density at radius 3 is 2.19 bits per heavy atom. The van der Waals surface area contributed by atoms with E-state index in [4.69, 9.17) is 0 Å². The summed E-state index contributed by atoms with van der Waals surface area (Å²) in [5.41, 5.74) is -0.137. The van der Waals surface area contributed by atoms with Crippen molar-refractivity contribution in [3.63, 3.8) is 0 Å². The van der Waals surface area contributed by atoms with E-state index in [1.54, 1.807) is 78.9 Å². The van der Waals surface area contributed by atoms with Gasteiger partial charge in [0.15, 0.2) is 12.0 Å². The van der Waals surface area contributed by atoms with Crippen LogP contribution in [0.25, 0.3) is 0 Å². The first-order valence-corrected chi connectivity index (χ1v) is 9.25. The Morgan fingerprint density at radius 1 is 0.889 bits per heavy atom. The molecular formula is C22H15BrFNO2. The van der Waals surface area contributed by atoms with Crippen molar-refractivity contribution in [2.24, 2.45) is 0 Å². The number of amides is 1. The first-order valence-electron chi connectivity index (χ1n) is 8.46. The molecule has 0 unspecified atom stereocenters. The summed E-state index contributed by atoms with van der Waals surface area (Å²) >= 11 is 3.44. The maximum atomic E-state index is 16.0. The number of halogens is 2. The minimum absolute atomic E-state index is 0.230. The molecule has 3 aromatic carbocycles. The van der Waals surface area contributed by atoms with E-state index in [1.165, 1.54) is 0 Å². The largest absolute Gasteiger partial charge is 0.325 e. The average Bonchev–Trinajstić information content (AvgIpc) is 3.00. The van der Waals surface area contributed by atoms with Gasteiger partial charge in [-0.05, 0) is 23.3 Å². The summed E-state index contributed by atoms with van der Waals surface area (Å²) in [6.07, 6.45) is -2.08. The minimum atomic E-state index is -2.08. The summed E-state index contributed by atoms with van der Waals surface area (Å²) in [6.45, 7) is 0. The summed E-state index contributed by atoms with van der Waals surface area (Å²) in [6, 6.07) is 22.1. The van der Waals surface area contributed by atoms with E-state index in [1.807, 2.05) is 0 Å². The highest BCUT2D eigenvalue weighted by molar-refractivity contribution is 9.10. The zero-order valence-corrected chi connectivity index (χ0v) is 15.7. The number of carbonyl (C=O) groups is 2. The number of benzene rings is 3. The fourth-order valence-electron chi connectivity index (χ4n) is 3.66. The Morgan fingerprint density at radius 2 is 1.48 bits per heavy atom. The quantitative estimate of drug-likeness (QED) is 0.606. The molecule has 1 N–H and O–H groups in total. The maximum Gasteiger partial charge on any atom is 0.243 e. The molecule has 0 aliphatic carbocycles. The number of alkyl halides is 1. The van der Waals surface area contributed by atoms with E-state index in [-0.39, 0.29) is 5.56 Å². The van der Waals surface area contributed by atoms with Gasteiger partial charge in [0, 0.05) is 15.7 Å². The lowest BCUT2D eigenvalue weighted by atomic mass is 9.70. The van der Waals surface area contributed by atoms with Gasteiger partial charge in [0.2, 0.25) is 5.91 Å². The fraction of sp³-hybridized carbons (Fsp3) is 0.0909. The first-order chi connectivity index (χ1) is 13.1. The lowest BCUT2D eigenvalue weighted by molar-refractivity contribution is -0.121. The van der Waals surface area contributed by atoms with Crippen molar-refractivity contribution >= 4 is 33.3 Å². The standard InChI is InChI=1S/C22H15BrFNO2/c23-17-12-6-4-10-15(17)22(16-11-5-7-13-18(16)25-21(22)27)20(24)19(26)14-8-2-1-3-9-14/h1-13,20H,(H,25,27)/t20-,22-/m0/s1. The second-order valence-electron chi connectivity index (χ2n) is 6.38. The topological polar surface area (TPSA) is 46.2 Å². The SMILES string of the molecule is O=C(c1ccccc1)[C@H](F)[C@@]1(c2ccccc2Br)C(=O)Nc2ccccc21. The molecule has 0 bridgehead atoms. The highest BCUT2D eigenvalue weighted by atomic mass is 79.9. The molecule has 0 saturated heterocycles. The third-order valence-corrected chi connectivity index (χ3v) is 5.62. The molecule has 1 aliphatic rings. The lowest BCUT2D eigenvalue weighted by Gasteiger charge is -2.31. The molecule has 5 heteroatoms. The number of hydrogen-bond donors (Lipinski definition) is 1. The molecule has 27 heavy (non-hydrogen) atoms. The third-order valence-electron chi connectivity index (χ3n) is 4.93. The van der Waals surface area contributed by atoms with Crippen molar-refractivity contribution in [1.82, 2.24) is 0 Å². The van der Waals surface area contributed by atoms with E-state index in [0.29, 0.717) is 21.3 Å². The van der Waals surface area contributed by atoms with Crippen LogP contribution in [0.4, 0.5) is 10.1 Å². The fourth-order valence-corrected chi connectivity index (χ4v) is 4.26. The Balaban J connectivity index is 1.98. The molecule has 1 amide bonds. The van der Waals surface area contributed by atoms with Gasteiger partial charge in [-0.3, -0.25) is 9.59 Å². The Hall–Kier alpha value is -2.79. The van der Waals surface area contributed by atoms with E-state index in [2.05, 4.69) is 21.2 Å². The molecule has 134 valence electrons. The summed E-state index contributed by atoms with van der Waals surface area (Å²) < 4.78 is 16.6. The van der Waals surface area contributed by atoms with Gasteiger partial charge in [-0.2, -0.15) is 0 Å².